The van der Waals surface area contributed by atoms with Gasteiger partial charge < -0.3 is 10.6 Å². The van der Waals surface area contributed by atoms with Crippen LogP contribution < -0.4 is 11.3 Å². The smallest absolute Gasteiger partial charge is 0.261 e. The minimum absolute atomic E-state index is 0.0519. The van der Waals surface area contributed by atoms with Gasteiger partial charge in [-0.15, -0.1) is 0 Å². The van der Waals surface area contributed by atoms with Crippen LogP contribution in [0.15, 0.2) is 29.3 Å². The molecular formula is C14H18N4O2. The van der Waals surface area contributed by atoms with Gasteiger partial charge in [-0.2, -0.15) is 0 Å². The van der Waals surface area contributed by atoms with Crippen LogP contribution >= 0.6 is 0 Å². The monoisotopic (exact) mass is 274 g/mol. The van der Waals surface area contributed by atoms with E-state index in [0.29, 0.717) is 36.0 Å². The predicted molar refractivity (Wildman–Crippen MR) is 78.3 cm³/mol. The van der Waals surface area contributed by atoms with Crippen LogP contribution in [0, 0.1) is 0 Å². The number of aryl methyl sites for hydroxylation is 1. The van der Waals surface area contributed by atoms with Gasteiger partial charge in [0, 0.05) is 32.7 Å². The first-order valence-electron chi connectivity index (χ1n) is 6.44. The maximum atomic E-state index is 12.3. The van der Waals surface area contributed by atoms with E-state index in [1.165, 1.54) is 10.9 Å². The number of hydrogen-bond donors (Lipinski definition) is 1. The summed E-state index contributed by atoms with van der Waals surface area (Å²) in [6, 6.07) is 5.08. The normalized spacial score (nSPS) is 10.7. The van der Waals surface area contributed by atoms with Crippen LogP contribution in [0.5, 0.6) is 0 Å². The van der Waals surface area contributed by atoms with Crippen LogP contribution in [0.4, 0.5) is 5.69 Å². The maximum Gasteiger partial charge on any atom is 0.261 e. The molecule has 0 saturated heterocycles. The zero-order chi connectivity index (χ0) is 14.7. The molecule has 0 atom stereocenters. The lowest BCUT2D eigenvalue weighted by atomic mass is 10.2. The second kappa shape index (κ2) is 5.73. The Labute approximate surface area is 116 Å². The molecular weight excluding hydrogens is 256 g/mol. The van der Waals surface area contributed by atoms with E-state index >= 15 is 0 Å². The van der Waals surface area contributed by atoms with Crippen LogP contribution in [0.1, 0.15) is 12.8 Å². The Bertz CT molecular complexity index is 691. The van der Waals surface area contributed by atoms with E-state index in [9.17, 15) is 9.59 Å². The number of hydrogen-bond acceptors (Lipinski definition) is 4. The highest BCUT2D eigenvalue weighted by molar-refractivity contribution is 5.80. The SMILES string of the molecule is CN(C)C(=O)CCCn1cnc2ccc(N)cc2c1=O. The Balaban J connectivity index is 2.17. The van der Waals surface area contributed by atoms with Crippen LogP contribution in [-0.2, 0) is 11.3 Å². The van der Waals surface area contributed by atoms with Gasteiger partial charge in [0.15, 0.2) is 0 Å². The molecule has 0 unspecified atom stereocenters. The first-order valence-corrected chi connectivity index (χ1v) is 6.44. The largest absolute Gasteiger partial charge is 0.399 e. The lowest BCUT2D eigenvalue weighted by Crippen LogP contribution is -2.24. The molecule has 0 saturated carbocycles. The molecule has 0 bridgehead atoms. The molecule has 2 aromatic rings. The van der Waals surface area contributed by atoms with Crippen molar-refractivity contribution in [2.24, 2.45) is 0 Å². The summed E-state index contributed by atoms with van der Waals surface area (Å²) in [5, 5.41) is 0.506. The van der Waals surface area contributed by atoms with Gasteiger partial charge in [-0.3, -0.25) is 14.2 Å². The topological polar surface area (TPSA) is 81.2 Å². The Morgan fingerprint density at radius 1 is 1.40 bits per heavy atom. The van der Waals surface area contributed by atoms with Crippen molar-refractivity contribution in [1.82, 2.24) is 14.5 Å². The van der Waals surface area contributed by atoms with E-state index in [-0.39, 0.29) is 11.5 Å². The number of carbonyl (C=O) groups is 1. The number of benzene rings is 1. The number of fused-ring (bicyclic) bond motifs is 1. The molecule has 1 aromatic carbocycles. The first-order chi connectivity index (χ1) is 9.49. The Kier molecular flexibility index (Phi) is 4.02. The van der Waals surface area contributed by atoms with Crippen molar-refractivity contribution in [3.8, 4) is 0 Å². The molecule has 6 heteroatoms. The van der Waals surface area contributed by atoms with E-state index in [0.717, 1.165) is 0 Å². The third-order valence-corrected chi connectivity index (χ3v) is 3.14. The number of nitrogens with zero attached hydrogens (tertiary/aromatic N) is 3. The molecule has 20 heavy (non-hydrogen) atoms. The minimum atomic E-state index is -0.125. The molecule has 1 aromatic heterocycles. The second-order valence-corrected chi connectivity index (χ2v) is 4.91. The van der Waals surface area contributed by atoms with Gasteiger partial charge in [0.2, 0.25) is 5.91 Å². The summed E-state index contributed by atoms with van der Waals surface area (Å²) in [6.45, 7) is 0.468. The molecule has 2 rings (SSSR count). The van der Waals surface area contributed by atoms with Gasteiger partial charge in [0.1, 0.15) is 0 Å². The van der Waals surface area contributed by atoms with Gasteiger partial charge in [-0.1, -0.05) is 0 Å². The highest BCUT2D eigenvalue weighted by Gasteiger charge is 2.07. The summed E-state index contributed by atoms with van der Waals surface area (Å²) in [4.78, 5) is 29.5. The average Bonchev–Trinajstić information content (AvgIpc) is 2.41. The highest BCUT2D eigenvalue weighted by atomic mass is 16.2. The zero-order valence-corrected chi connectivity index (χ0v) is 11.7. The number of nitrogens with two attached hydrogens (primary N) is 1. The molecule has 1 heterocycles. The molecule has 106 valence electrons. The highest BCUT2D eigenvalue weighted by Crippen LogP contribution is 2.11. The van der Waals surface area contributed by atoms with Crippen LogP contribution in [0.3, 0.4) is 0 Å². The summed E-state index contributed by atoms with van der Waals surface area (Å²) in [5.41, 5.74) is 6.73. The third-order valence-electron chi connectivity index (χ3n) is 3.14. The molecule has 0 spiro atoms. The van der Waals surface area contributed by atoms with Gasteiger partial charge >= 0.3 is 0 Å². The van der Waals surface area contributed by atoms with E-state index in [2.05, 4.69) is 4.98 Å². The van der Waals surface area contributed by atoms with E-state index in [4.69, 9.17) is 5.73 Å². The molecule has 0 aliphatic heterocycles. The number of carbonyl (C=O) groups excluding carboxylic acids is 1. The summed E-state index contributed by atoms with van der Waals surface area (Å²) >= 11 is 0. The third kappa shape index (κ3) is 2.96. The quantitative estimate of drug-likeness (QED) is 0.838. The Morgan fingerprint density at radius 3 is 2.85 bits per heavy atom. The number of nitrogen functional groups attached to an aromatic ring is 1. The van der Waals surface area contributed by atoms with Crippen molar-refractivity contribution >= 4 is 22.5 Å². The van der Waals surface area contributed by atoms with Crippen molar-refractivity contribution in [1.29, 1.82) is 0 Å². The fraction of sp³-hybridized carbons (Fsp3) is 0.357. The zero-order valence-electron chi connectivity index (χ0n) is 11.7. The molecule has 6 nitrogen and oxygen atoms in total. The number of anilines is 1. The van der Waals surface area contributed by atoms with Crippen molar-refractivity contribution in [3.05, 3.63) is 34.9 Å². The van der Waals surface area contributed by atoms with Gasteiger partial charge in [-0.25, -0.2) is 4.98 Å². The van der Waals surface area contributed by atoms with Crippen LogP contribution in [0.2, 0.25) is 0 Å². The van der Waals surface area contributed by atoms with Crippen molar-refractivity contribution in [2.75, 3.05) is 19.8 Å². The fourth-order valence-electron chi connectivity index (χ4n) is 1.96. The number of rotatable bonds is 4. The van der Waals surface area contributed by atoms with Crippen molar-refractivity contribution in [3.63, 3.8) is 0 Å². The lowest BCUT2D eigenvalue weighted by Gasteiger charge is -2.10. The standard InChI is InChI=1S/C14H18N4O2/c1-17(2)13(19)4-3-7-18-9-16-12-6-5-10(15)8-11(12)14(18)20/h5-6,8-9H,3-4,7,15H2,1-2H3. The molecule has 0 radical (unpaired) electrons. The average molecular weight is 274 g/mol. The second-order valence-electron chi connectivity index (χ2n) is 4.91. The summed E-state index contributed by atoms with van der Waals surface area (Å²) in [6.07, 6.45) is 2.53. The first kappa shape index (κ1) is 14.0. The predicted octanol–water partition coefficient (Wildman–Crippen LogP) is 0.847. The minimum Gasteiger partial charge on any atom is -0.399 e. The molecule has 0 aliphatic carbocycles. The Morgan fingerprint density at radius 2 is 2.15 bits per heavy atom. The fourth-order valence-corrected chi connectivity index (χ4v) is 1.96. The lowest BCUT2D eigenvalue weighted by molar-refractivity contribution is -0.128. The molecule has 0 fully saturated rings. The van der Waals surface area contributed by atoms with Crippen LogP contribution in [0.25, 0.3) is 10.9 Å². The summed E-state index contributed by atoms with van der Waals surface area (Å²) in [7, 11) is 3.43. The molecule has 2 N–H and O–H groups in total. The Hall–Kier alpha value is -2.37. The number of aromatic nitrogens is 2. The maximum absolute atomic E-state index is 12.3. The van der Waals surface area contributed by atoms with Gasteiger partial charge in [0.25, 0.3) is 5.56 Å². The van der Waals surface area contributed by atoms with Gasteiger partial charge in [0.05, 0.1) is 17.2 Å². The number of amides is 1. The van der Waals surface area contributed by atoms with Crippen LogP contribution in [-0.4, -0.2) is 34.5 Å². The summed E-state index contributed by atoms with van der Waals surface area (Å²) in [5.74, 6) is 0.0519. The van der Waals surface area contributed by atoms with Crippen molar-refractivity contribution in [2.45, 2.75) is 19.4 Å². The molecule has 1 amide bonds. The van der Waals surface area contributed by atoms with Crippen molar-refractivity contribution < 1.29 is 4.79 Å². The summed E-state index contributed by atoms with van der Waals surface area (Å²) < 4.78 is 1.52. The van der Waals surface area contributed by atoms with Gasteiger partial charge in [-0.05, 0) is 24.6 Å². The van der Waals surface area contributed by atoms with E-state index < -0.39 is 0 Å². The molecule has 0 aliphatic rings. The van der Waals surface area contributed by atoms with E-state index in [1.54, 1.807) is 37.2 Å². The van der Waals surface area contributed by atoms with E-state index in [1.807, 2.05) is 0 Å².